The van der Waals surface area contributed by atoms with Crippen LogP contribution in [-0.2, 0) is 0 Å². The van der Waals surface area contributed by atoms with Gasteiger partial charge in [0.2, 0.25) is 0 Å². The summed E-state index contributed by atoms with van der Waals surface area (Å²) in [5.74, 6) is 0.704. The van der Waals surface area contributed by atoms with Crippen LogP contribution in [0.2, 0.25) is 0 Å². The van der Waals surface area contributed by atoms with Gasteiger partial charge >= 0.3 is 0 Å². The number of aliphatic hydroxyl groups excluding tert-OH is 1. The molecule has 5 nitrogen and oxygen atoms in total. The first-order chi connectivity index (χ1) is 9.54. The number of nitrogen functional groups attached to an aromatic ring is 1. The second kappa shape index (κ2) is 6.92. The molecular formula is C15H25N3O2. The number of benzene rings is 1. The second-order valence-corrected chi connectivity index (χ2v) is 5.64. The molecule has 1 aliphatic heterocycles. The molecule has 20 heavy (non-hydrogen) atoms. The number of hydrogen-bond acceptors (Lipinski definition) is 5. The third-order valence-corrected chi connectivity index (χ3v) is 3.71. The van der Waals surface area contributed by atoms with Gasteiger partial charge in [-0.2, -0.15) is 0 Å². The van der Waals surface area contributed by atoms with Crippen LogP contribution in [0.15, 0.2) is 24.3 Å². The van der Waals surface area contributed by atoms with Crippen molar-refractivity contribution in [3.05, 3.63) is 24.3 Å². The largest absolute Gasteiger partial charge is 0.491 e. The van der Waals surface area contributed by atoms with Gasteiger partial charge in [-0.15, -0.1) is 0 Å². The zero-order valence-corrected chi connectivity index (χ0v) is 12.3. The minimum Gasteiger partial charge on any atom is -0.491 e. The van der Waals surface area contributed by atoms with Gasteiger partial charge in [0.25, 0.3) is 0 Å². The topological polar surface area (TPSA) is 62.0 Å². The van der Waals surface area contributed by atoms with Crippen molar-refractivity contribution < 1.29 is 9.84 Å². The summed E-state index contributed by atoms with van der Waals surface area (Å²) < 4.78 is 5.58. The standard InChI is InChI=1S/C15H25N3O2/c1-12-9-17(2)6-7-18(12)10-14(19)11-20-15-5-3-4-13(16)8-15/h3-5,8,12,14,19H,6-7,9-11,16H2,1-2H3. The number of anilines is 1. The Balaban J connectivity index is 1.76. The van der Waals surface area contributed by atoms with Gasteiger partial charge in [-0.3, -0.25) is 4.90 Å². The van der Waals surface area contributed by atoms with E-state index in [-0.39, 0.29) is 0 Å². The molecule has 2 unspecified atom stereocenters. The number of rotatable bonds is 5. The van der Waals surface area contributed by atoms with E-state index in [1.54, 1.807) is 6.07 Å². The van der Waals surface area contributed by atoms with E-state index in [0.29, 0.717) is 30.6 Å². The first kappa shape index (κ1) is 15.1. The SMILES string of the molecule is CC1CN(C)CCN1CC(O)COc1cccc(N)c1. The Kier molecular flexibility index (Phi) is 5.23. The third kappa shape index (κ3) is 4.37. The highest BCUT2D eigenvalue weighted by atomic mass is 16.5. The van der Waals surface area contributed by atoms with Crippen molar-refractivity contribution in [2.24, 2.45) is 0 Å². The summed E-state index contributed by atoms with van der Waals surface area (Å²) in [7, 11) is 2.13. The van der Waals surface area contributed by atoms with Crippen LogP contribution in [0.3, 0.4) is 0 Å². The third-order valence-electron chi connectivity index (χ3n) is 3.71. The maximum Gasteiger partial charge on any atom is 0.121 e. The van der Waals surface area contributed by atoms with Crippen LogP contribution in [-0.4, -0.2) is 66.9 Å². The summed E-state index contributed by atoms with van der Waals surface area (Å²) in [6, 6.07) is 7.75. The number of likely N-dealkylation sites (N-methyl/N-ethyl adjacent to an activating group) is 1. The van der Waals surface area contributed by atoms with E-state index in [0.717, 1.165) is 19.6 Å². The van der Waals surface area contributed by atoms with Gasteiger partial charge < -0.3 is 20.5 Å². The molecule has 0 bridgehead atoms. The van der Waals surface area contributed by atoms with E-state index in [9.17, 15) is 5.11 Å². The molecule has 0 aromatic heterocycles. The van der Waals surface area contributed by atoms with Crippen LogP contribution in [0.5, 0.6) is 5.75 Å². The Morgan fingerprint density at radius 3 is 2.95 bits per heavy atom. The van der Waals surface area contributed by atoms with E-state index in [1.165, 1.54) is 0 Å². The molecule has 5 heteroatoms. The first-order valence-corrected chi connectivity index (χ1v) is 7.13. The highest BCUT2D eigenvalue weighted by Crippen LogP contribution is 2.15. The number of piperazine rings is 1. The lowest BCUT2D eigenvalue weighted by Crippen LogP contribution is -2.53. The Morgan fingerprint density at radius 2 is 2.25 bits per heavy atom. The summed E-state index contributed by atoms with van der Waals surface area (Å²) in [5.41, 5.74) is 6.36. The molecular weight excluding hydrogens is 254 g/mol. The molecule has 0 aliphatic carbocycles. The fourth-order valence-electron chi connectivity index (χ4n) is 2.57. The van der Waals surface area contributed by atoms with Gasteiger partial charge in [0.15, 0.2) is 0 Å². The molecule has 1 heterocycles. The average Bonchev–Trinajstić information content (AvgIpc) is 2.40. The van der Waals surface area contributed by atoms with Gasteiger partial charge in [-0.1, -0.05) is 6.07 Å². The molecule has 1 aromatic carbocycles. The molecule has 1 fully saturated rings. The highest BCUT2D eigenvalue weighted by Gasteiger charge is 2.23. The van der Waals surface area contributed by atoms with Crippen LogP contribution in [0.25, 0.3) is 0 Å². The van der Waals surface area contributed by atoms with Crippen molar-refractivity contribution in [1.82, 2.24) is 9.80 Å². The van der Waals surface area contributed by atoms with Gasteiger partial charge in [-0.05, 0) is 26.1 Å². The quantitative estimate of drug-likeness (QED) is 0.775. The van der Waals surface area contributed by atoms with Crippen LogP contribution < -0.4 is 10.5 Å². The Morgan fingerprint density at radius 1 is 1.45 bits per heavy atom. The number of nitrogens with zero attached hydrogens (tertiary/aromatic N) is 2. The molecule has 2 atom stereocenters. The van der Waals surface area contributed by atoms with Crippen molar-refractivity contribution in [3.8, 4) is 5.75 Å². The van der Waals surface area contributed by atoms with Gasteiger partial charge in [-0.25, -0.2) is 0 Å². The Labute approximate surface area is 120 Å². The summed E-state index contributed by atoms with van der Waals surface area (Å²) >= 11 is 0. The second-order valence-electron chi connectivity index (χ2n) is 5.64. The number of β-amino-alcohol motifs (C(OH)–C–C–N with tert-alkyl or cyclic N) is 1. The highest BCUT2D eigenvalue weighted by molar-refractivity contribution is 5.43. The fourth-order valence-corrected chi connectivity index (χ4v) is 2.57. The number of ether oxygens (including phenoxy) is 1. The monoisotopic (exact) mass is 279 g/mol. The lowest BCUT2D eigenvalue weighted by atomic mass is 10.2. The molecule has 0 radical (unpaired) electrons. The molecule has 2 rings (SSSR count). The van der Waals surface area contributed by atoms with Crippen molar-refractivity contribution in [2.45, 2.75) is 19.1 Å². The lowest BCUT2D eigenvalue weighted by molar-refractivity contribution is 0.0273. The lowest BCUT2D eigenvalue weighted by Gasteiger charge is -2.39. The Hall–Kier alpha value is -1.30. The van der Waals surface area contributed by atoms with Gasteiger partial charge in [0.1, 0.15) is 18.5 Å². The van der Waals surface area contributed by atoms with Crippen molar-refractivity contribution in [3.63, 3.8) is 0 Å². The zero-order chi connectivity index (χ0) is 14.5. The van der Waals surface area contributed by atoms with Crippen LogP contribution >= 0.6 is 0 Å². The normalized spacial score (nSPS) is 22.6. The van der Waals surface area contributed by atoms with Crippen LogP contribution in [0.4, 0.5) is 5.69 Å². The molecule has 1 saturated heterocycles. The summed E-state index contributed by atoms with van der Waals surface area (Å²) in [4.78, 5) is 4.63. The van der Waals surface area contributed by atoms with Gasteiger partial charge in [0.05, 0.1) is 0 Å². The number of hydrogen-bond donors (Lipinski definition) is 2. The van der Waals surface area contributed by atoms with Crippen molar-refractivity contribution >= 4 is 5.69 Å². The average molecular weight is 279 g/mol. The molecule has 0 spiro atoms. The summed E-state index contributed by atoms with van der Waals surface area (Å²) in [5, 5.41) is 10.1. The maximum atomic E-state index is 10.1. The van der Waals surface area contributed by atoms with E-state index in [4.69, 9.17) is 10.5 Å². The molecule has 1 aromatic rings. The van der Waals surface area contributed by atoms with E-state index in [1.807, 2.05) is 18.2 Å². The molecule has 0 saturated carbocycles. The number of aliphatic hydroxyl groups is 1. The summed E-state index contributed by atoms with van der Waals surface area (Å²) in [6.45, 7) is 6.23. The molecule has 1 aliphatic rings. The fraction of sp³-hybridized carbons (Fsp3) is 0.600. The van der Waals surface area contributed by atoms with Crippen LogP contribution in [0.1, 0.15) is 6.92 Å². The minimum absolute atomic E-state index is 0.294. The van der Waals surface area contributed by atoms with Gasteiger partial charge in [0, 0.05) is 44.0 Å². The minimum atomic E-state index is -0.484. The van der Waals surface area contributed by atoms with Crippen molar-refractivity contribution in [2.75, 3.05) is 45.6 Å². The Bertz CT molecular complexity index is 427. The number of nitrogens with two attached hydrogens (primary N) is 1. The molecule has 0 amide bonds. The predicted molar refractivity (Wildman–Crippen MR) is 80.9 cm³/mol. The van der Waals surface area contributed by atoms with E-state index >= 15 is 0 Å². The van der Waals surface area contributed by atoms with Crippen LogP contribution in [0, 0.1) is 0 Å². The first-order valence-electron chi connectivity index (χ1n) is 7.13. The van der Waals surface area contributed by atoms with E-state index < -0.39 is 6.10 Å². The maximum absolute atomic E-state index is 10.1. The predicted octanol–water partition coefficient (Wildman–Crippen LogP) is 0.644. The zero-order valence-electron chi connectivity index (χ0n) is 12.3. The summed E-state index contributed by atoms with van der Waals surface area (Å²) in [6.07, 6.45) is -0.484. The van der Waals surface area contributed by atoms with Crippen molar-refractivity contribution in [1.29, 1.82) is 0 Å². The smallest absolute Gasteiger partial charge is 0.121 e. The van der Waals surface area contributed by atoms with E-state index in [2.05, 4.69) is 23.8 Å². The molecule has 112 valence electrons. The molecule has 3 N–H and O–H groups in total.